The first-order valence-corrected chi connectivity index (χ1v) is 7.61. The molecule has 0 aliphatic carbocycles. The van der Waals surface area contributed by atoms with Gasteiger partial charge in [0.2, 0.25) is 0 Å². The number of aromatic hydroxyl groups is 1. The third-order valence-electron chi connectivity index (χ3n) is 3.26. The van der Waals surface area contributed by atoms with Gasteiger partial charge in [0.25, 0.3) is 0 Å². The van der Waals surface area contributed by atoms with Crippen molar-refractivity contribution in [2.75, 3.05) is 0 Å². The summed E-state index contributed by atoms with van der Waals surface area (Å²) in [7, 11) is 0. The van der Waals surface area contributed by atoms with Crippen molar-refractivity contribution in [2.45, 2.75) is 64.7 Å². The zero-order valence-corrected chi connectivity index (χ0v) is 12.1. The maximum Gasteiger partial charge on any atom is 0.115 e. The van der Waals surface area contributed by atoms with Crippen molar-refractivity contribution in [2.24, 2.45) is 0 Å². The molecule has 0 fully saturated rings. The summed E-state index contributed by atoms with van der Waals surface area (Å²) in [5.41, 5.74) is 0.984. The van der Waals surface area contributed by atoms with Crippen molar-refractivity contribution < 1.29 is 5.11 Å². The molecule has 0 heterocycles. The summed E-state index contributed by atoms with van der Waals surface area (Å²) < 4.78 is 0. The van der Waals surface area contributed by atoms with Crippen molar-refractivity contribution >= 4 is 0 Å². The van der Waals surface area contributed by atoms with E-state index in [9.17, 15) is 0 Å². The second kappa shape index (κ2) is 10.5. The van der Waals surface area contributed by atoms with E-state index in [0.717, 1.165) is 12.0 Å². The van der Waals surface area contributed by atoms with Gasteiger partial charge in [-0.2, -0.15) is 0 Å². The fourth-order valence-electron chi connectivity index (χ4n) is 2.06. The molecule has 0 amide bonds. The van der Waals surface area contributed by atoms with Gasteiger partial charge in [-0.1, -0.05) is 63.7 Å². The van der Waals surface area contributed by atoms with Gasteiger partial charge in [-0.25, -0.2) is 0 Å². The summed E-state index contributed by atoms with van der Waals surface area (Å²) >= 11 is 0. The Morgan fingerprint density at radius 2 is 1.42 bits per heavy atom. The van der Waals surface area contributed by atoms with Gasteiger partial charge in [0, 0.05) is 12.0 Å². The van der Waals surface area contributed by atoms with E-state index in [1.165, 1.54) is 51.4 Å². The van der Waals surface area contributed by atoms with E-state index in [0.29, 0.717) is 5.75 Å². The second-order valence-electron chi connectivity index (χ2n) is 5.07. The highest BCUT2D eigenvalue weighted by Crippen LogP contribution is 2.10. The lowest BCUT2D eigenvalue weighted by atomic mass is 10.1. The van der Waals surface area contributed by atoms with E-state index in [4.69, 9.17) is 5.11 Å². The number of benzene rings is 1. The van der Waals surface area contributed by atoms with E-state index in [-0.39, 0.29) is 0 Å². The highest BCUT2D eigenvalue weighted by molar-refractivity contribution is 5.37. The SMILES string of the molecule is CCCCCCCCCCC#Cc1ccc(O)cc1. The Bertz CT molecular complexity index is 380. The molecule has 0 radical (unpaired) electrons. The fraction of sp³-hybridized carbons (Fsp3) is 0.556. The van der Waals surface area contributed by atoms with Crippen LogP contribution < -0.4 is 0 Å². The topological polar surface area (TPSA) is 20.2 Å². The molecule has 1 rings (SSSR count). The lowest BCUT2D eigenvalue weighted by Gasteiger charge is -1.99. The van der Waals surface area contributed by atoms with Crippen LogP contribution in [-0.4, -0.2) is 5.11 Å². The molecule has 0 saturated heterocycles. The molecule has 1 heteroatoms. The Morgan fingerprint density at radius 3 is 2.05 bits per heavy atom. The predicted octanol–water partition coefficient (Wildman–Crippen LogP) is 5.27. The van der Waals surface area contributed by atoms with Crippen LogP contribution in [0.5, 0.6) is 5.75 Å². The zero-order valence-electron chi connectivity index (χ0n) is 12.1. The number of hydrogen-bond acceptors (Lipinski definition) is 1. The Balaban J connectivity index is 2.00. The van der Waals surface area contributed by atoms with Gasteiger partial charge in [-0.15, -0.1) is 0 Å². The highest BCUT2D eigenvalue weighted by Gasteiger charge is 1.91. The van der Waals surface area contributed by atoms with Crippen LogP contribution in [0.2, 0.25) is 0 Å². The molecule has 0 aromatic heterocycles. The first kappa shape index (κ1) is 15.6. The Morgan fingerprint density at radius 1 is 0.842 bits per heavy atom. The van der Waals surface area contributed by atoms with Gasteiger partial charge in [-0.05, 0) is 30.7 Å². The summed E-state index contributed by atoms with van der Waals surface area (Å²) in [6.45, 7) is 2.26. The third kappa shape index (κ3) is 8.32. The lowest BCUT2D eigenvalue weighted by Crippen LogP contribution is -1.80. The molecule has 0 aliphatic heterocycles. The van der Waals surface area contributed by atoms with Crippen LogP contribution in [0.3, 0.4) is 0 Å². The summed E-state index contributed by atoms with van der Waals surface area (Å²) in [6, 6.07) is 7.08. The normalized spacial score (nSPS) is 9.95. The molecule has 0 aliphatic rings. The van der Waals surface area contributed by atoms with Crippen LogP contribution in [0.15, 0.2) is 24.3 Å². The van der Waals surface area contributed by atoms with E-state index in [1.807, 2.05) is 12.1 Å². The summed E-state index contributed by atoms with van der Waals surface area (Å²) in [6.07, 6.45) is 11.7. The van der Waals surface area contributed by atoms with Crippen LogP contribution in [0.25, 0.3) is 0 Å². The maximum atomic E-state index is 9.15. The van der Waals surface area contributed by atoms with Crippen molar-refractivity contribution in [1.29, 1.82) is 0 Å². The quantitative estimate of drug-likeness (QED) is 0.497. The molecule has 1 N–H and O–H groups in total. The zero-order chi connectivity index (χ0) is 13.8. The fourth-order valence-corrected chi connectivity index (χ4v) is 2.06. The van der Waals surface area contributed by atoms with Crippen LogP contribution in [-0.2, 0) is 0 Å². The van der Waals surface area contributed by atoms with Crippen molar-refractivity contribution in [1.82, 2.24) is 0 Å². The number of hydrogen-bond donors (Lipinski definition) is 1. The van der Waals surface area contributed by atoms with Gasteiger partial charge in [0.15, 0.2) is 0 Å². The number of phenolic OH excluding ortho intramolecular Hbond substituents is 1. The van der Waals surface area contributed by atoms with Crippen LogP contribution in [0, 0.1) is 11.8 Å². The van der Waals surface area contributed by atoms with Gasteiger partial charge in [0.05, 0.1) is 0 Å². The molecule has 0 bridgehead atoms. The van der Waals surface area contributed by atoms with E-state index in [1.54, 1.807) is 12.1 Å². The number of unbranched alkanes of at least 4 members (excludes halogenated alkanes) is 8. The van der Waals surface area contributed by atoms with Gasteiger partial charge in [-0.3, -0.25) is 0 Å². The Kier molecular flexibility index (Phi) is 8.64. The molecular weight excluding hydrogens is 232 g/mol. The van der Waals surface area contributed by atoms with Crippen LogP contribution >= 0.6 is 0 Å². The summed E-state index contributed by atoms with van der Waals surface area (Å²) in [5.74, 6) is 6.63. The molecule has 1 aromatic carbocycles. The largest absolute Gasteiger partial charge is 0.508 e. The molecule has 19 heavy (non-hydrogen) atoms. The van der Waals surface area contributed by atoms with Crippen molar-refractivity contribution in [3.8, 4) is 17.6 Å². The van der Waals surface area contributed by atoms with Gasteiger partial charge < -0.3 is 5.11 Å². The van der Waals surface area contributed by atoms with Crippen LogP contribution in [0.4, 0.5) is 0 Å². The highest BCUT2D eigenvalue weighted by atomic mass is 16.3. The number of phenols is 1. The average Bonchev–Trinajstić information content (AvgIpc) is 2.43. The molecule has 1 nitrogen and oxygen atoms in total. The Labute approximate surface area is 118 Å². The standard InChI is InChI=1S/C18H26O/c1-2-3-4-5-6-7-8-9-10-11-12-17-13-15-18(19)16-14-17/h13-16,19H,2-10H2,1H3. The molecule has 0 saturated carbocycles. The van der Waals surface area contributed by atoms with E-state index in [2.05, 4.69) is 18.8 Å². The monoisotopic (exact) mass is 258 g/mol. The smallest absolute Gasteiger partial charge is 0.115 e. The summed E-state index contributed by atoms with van der Waals surface area (Å²) in [4.78, 5) is 0. The average molecular weight is 258 g/mol. The minimum atomic E-state index is 0.300. The van der Waals surface area contributed by atoms with E-state index < -0.39 is 0 Å². The van der Waals surface area contributed by atoms with Gasteiger partial charge >= 0.3 is 0 Å². The molecule has 104 valence electrons. The predicted molar refractivity (Wildman–Crippen MR) is 82.2 cm³/mol. The first-order chi connectivity index (χ1) is 9.33. The van der Waals surface area contributed by atoms with Crippen molar-refractivity contribution in [3.63, 3.8) is 0 Å². The molecular formula is C18H26O. The molecule has 1 aromatic rings. The van der Waals surface area contributed by atoms with Crippen LogP contribution in [0.1, 0.15) is 70.3 Å². The summed E-state index contributed by atoms with van der Waals surface area (Å²) in [5, 5.41) is 9.15. The lowest BCUT2D eigenvalue weighted by molar-refractivity contribution is 0.475. The van der Waals surface area contributed by atoms with E-state index >= 15 is 0 Å². The van der Waals surface area contributed by atoms with Crippen molar-refractivity contribution in [3.05, 3.63) is 29.8 Å². The molecule has 0 unspecified atom stereocenters. The van der Waals surface area contributed by atoms with Gasteiger partial charge in [0.1, 0.15) is 5.75 Å². The second-order valence-corrected chi connectivity index (χ2v) is 5.07. The minimum absolute atomic E-state index is 0.300. The molecule has 0 spiro atoms. The molecule has 0 atom stereocenters. The number of rotatable bonds is 8. The third-order valence-corrected chi connectivity index (χ3v) is 3.26. The first-order valence-electron chi connectivity index (χ1n) is 7.61. The Hall–Kier alpha value is -1.42. The minimum Gasteiger partial charge on any atom is -0.508 e. The maximum absolute atomic E-state index is 9.15.